The van der Waals surface area contributed by atoms with E-state index in [0.29, 0.717) is 0 Å². The van der Waals surface area contributed by atoms with Gasteiger partial charge in [0.1, 0.15) is 11.4 Å². The van der Waals surface area contributed by atoms with Gasteiger partial charge in [0.05, 0.1) is 8.59 Å². The molecule has 3 nitrogen and oxygen atoms in total. The van der Waals surface area contributed by atoms with Crippen molar-refractivity contribution in [3.8, 4) is 0 Å². The van der Waals surface area contributed by atoms with Crippen LogP contribution in [0.25, 0.3) is 0 Å². The van der Waals surface area contributed by atoms with Crippen molar-refractivity contribution >= 4 is 40.1 Å². The Morgan fingerprint density at radius 2 is 2.21 bits per heavy atom. The molecule has 1 aromatic rings. The van der Waals surface area contributed by atoms with Crippen molar-refractivity contribution in [3.63, 3.8) is 0 Å². The lowest BCUT2D eigenvalue weighted by Crippen LogP contribution is -2.16. The molecule has 0 bridgehead atoms. The Bertz CT molecular complexity index is 386. The van der Waals surface area contributed by atoms with Gasteiger partial charge in [0, 0.05) is 0 Å². The molecule has 14 heavy (non-hydrogen) atoms. The molecule has 1 heterocycles. The molecule has 0 unspecified atom stereocenters. The van der Waals surface area contributed by atoms with Crippen molar-refractivity contribution in [1.29, 1.82) is 0 Å². The lowest BCUT2D eigenvalue weighted by atomic mass is 10.3. The predicted molar refractivity (Wildman–Crippen MR) is 55.4 cm³/mol. The summed E-state index contributed by atoms with van der Waals surface area (Å²) in [4.78, 5) is 14.2. The van der Waals surface area contributed by atoms with E-state index in [1.807, 2.05) is 0 Å². The van der Waals surface area contributed by atoms with Crippen LogP contribution >= 0.6 is 34.2 Å². The minimum Gasteiger partial charge on any atom is -0.364 e. The number of nitrogens with two attached hydrogens (primary N) is 1. The maximum absolute atomic E-state index is 12.2. The summed E-state index contributed by atoms with van der Waals surface area (Å²) in [5.41, 5.74) is 4.16. The number of aromatic nitrogens is 1. The summed E-state index contributed by atoms with van der Waals surface area (Å²) in [6, 6.07) is 1.01. The molecule has 1 aromatic heterocycles. The quantitative estimate of drug-likeness (QED) is 0.846. The number of hydrogen-bond donors (Lipinski definition) is 1. The lowest BCUT2D eigenvalue weighted by molar-refractivity contribution is 0.0992. The first-order valence-corrected chi connectivity index (χ1v) is 4.83. The Morgan fingerprint density at radius 3 is 2.64 bits per heavy atom. The van der Waals surface area contributed by atoms with Crippen molar-refractivity contribution in [3.05, 3.63) is 26.0 Å². The normalized spacial score (nSPS) is 10.6. The van der Waals surface area contributed by atoms with Gasteiger partial charge < -0.3 is 5.73 Å². The average Bonchev–Trinajstić information content (AvgIpc) is 2.08. The molecule has 0 aliphatic carbocycles. The zero-order chi connectivity index (χ0) is 10.9. The van der Waals surface area contributed by atoms with Crippen molar-refractivity contribution < 1.29 is 13.6 Å². The van der Waals surface area contributed by atoms with Gasteiger partial charge in [-0.25, -0.2) is 13.8 Å². The van der Waals surface area contributed by atoms with Crippen LogP contribution in [0.1, 0.15) is 22.6 Å². The van der Waals surface area contributed by atoms with Gasteiger partial charge in [0.2, 0.25) is 0 Å². The Hall–Kier alpha value is -0.500. The SMILES string of the molecule is NC(=O)c1nc(C(F)F)cc(Cl)c1I. The Morgan fingerprint density at radius 1 is 1.64 bits per heavy atom. The van der Waals surface area contributed by atoms with Gasteiger partial charge in [-0.3, -0.25) is 4.79 Å². The minimum absolute atomic E-state index is 0.0460. The maximum Gasteiger partial charge on any atom is 0.280 e. The summed E-state index contributed by atoms with van der Waals surface area (Å²) in [5, 5.41) is 0.0460. The van der Waals surface area contributed by atoms with E-state index in [4.69, 9.17) is 17.3 Å². The number of halogens is 4. The van der Waals surface area contributed by atoms with Crippen LogP contribution in [0.4, 0.5) is 8.78 Å². The van der Waals surface area contributed by atoms with E-state index < -0.39 is 18.0 Å². The second-order valence-corrected chi connectivity index (χ2v) is 3.84. The third-order valence-corrected chi connectivity index (χ3v) is 3.10. The van der Waals surface area contributed by atoms with Crippen molar-refractivity contribution in [2.24, 2.45) is 5.73 Å². The van der Waals surface area contributed by atoms with Crippen LogP contribution < -0.4 is 5.73 Å². The summed E-state index contributed by atoms with van der Waals surface area (Å²) in [5.74, 6) is -0.876. The van der Waals surface area contributed by atoms with E-state index in [9.17, 15) is 13.6 Å². The monoisotopic (exact) mass is 332 g/mol. The molecule has 0 spiro atoms. The van der Waals surface area contributed by atoms with E-state index in [2.05, 4.69) is 4.98 Å². The molecule has 76 valence electrons. The fraction of sp³-hybridized carbons (Fsp3) is 0.143. The largest absolute Gasteiger partial charge is 0.364 e. The van der Waals surface area contributed by atoms with Crippen LogP contribution in [0, 0.1) is 3.57 Å². The number of primary amides is 1. The average molecular weight is 332 g/mol. The van der Waals surface area contributed by atoms with Gasteiger partial charge in [-0.2, -0.15) is 0 Å². The number of carbonyl (C=O) groups excluding carboxylic acids is 1. The zero-order valence-corrected chi connectivity index (χ0v) is 9.51. The summed E-state index contributed by atoms with van der Waals surface area (Å²) in [6.45, 7) is 0. The highest BCUT2D eigenvalue weighted by Gasteiger charge is 2.17. The molecule has 1 rings (SSSR count). The lowest BCUT2D eigenvalue weighted by Gasteiger charge is -2.05. The van der Waals surface area contributed by atoms with E-state index >= 15 is 0 Å². The molecule has 1 amide bonds. The molecule has 0 fully saturated rings. The number of pyridine rings is 1. The highest BCUT2D eigenvalue weighted by molar-refractivity contribution is 14.1. The smallest absolute Gasteiger partial charge is 0.280 e. The second-order valence-electron chi connectivity index (χ2n) is 2.36. The third kappa shape index (κ3) is 2.30. The summed E-state index contributed by atoms with van der Waals surface area (Å²) in [7, 11) is 0. The molecule has 2 N–H and O–H groups in total. The molecule has 0 saturated heterocycles. The fourth-order valence-corrected chi connectivity index (χ4v) is 1.54. The van der Waals surface area contributed by atoms with Gasteiger partial charge in [-0.1, -0.05) is 11.6 Å². The molecule has 0 aliphatic heterocycles. The van der Waals surface area contributed by atoms with Gasteiger partial charge in [0.25, 0.3) is 12.3 Å². The Labute approximate surface area is 96.8 Å². The van der Waals surface area contributed by atoms with Crippen molar-refractivity contribution in [2.75, 3.05) is 0 Å². The Kier molecular flexibility index (Phi) is 3.59. The van der Waals surface area contributed by atoms with Crippen molar-refractivity contribution in [2.45, 2.75) is 6.43 Å². The molecular weight excluding hydrogens is 328 g/mol. The highest BCUT2D eigenvalue weighted by atomic mass is 127. The number of nitrogens with zero attached hydrogens (tertiary/aromatic N) is 1. The van der Waals surface area contributed by atoms with E-state index in [-0.39, 0.29) is 14.3 Å². The first-order chi connectivity index (χ1) is 6.43. The topological polar surface area (TPSA) is 56.0 Å². The molecule has 0 saturated carbocycles. The van der Waals surface area contributed by atoms with Crippen LogP contribution in [0.15, 0.2) is 6.07 Å². The van der Waals surface area contributed by atoms with Gasteiger partial charge >= 0.3 is 0 Å². The van der Waals surface area contributed by atoms with E-state index in [0.717, 1.165) is 6.07 Å². The highest BCUT2D eigenvalue weighted by Crippen LogP contribution is 2.26. The van der Waals surface area contributed by atoms with E-state index in [1.165, 1.54) is 0 Å². The molecule has 7 heteroatoms. The standard InChI is InChI=1S/C7H4ClF2IN2O/c8-2-1-3(6(9)10)13-5(4(2)11)7(12)14/h1,6H,(H2,12,14). The van der Waals surface area contributed by atoms with Gasteiger partial charge in [-0.15, -0.1) is 0 Å². The van der Waals surface area contributed by atoms with Crippen LogP contribution in [-0.2, 0) is 0 Å². The predicted octanol–water partition coefficient (Wildman–Crippen LogP) is 2.38. The van der Waals surface area contributed by atoms with Crippen LogP contribution in [-0.4, -0.2) is 10.9 Å². The number of amides is 1. The first-order valence-electron chi connectivity index (χ1n) is 3.37. The van der Waals surface area contributed by atoms with Crippen LogP contribution in [0.3, 0.4) is 0 Å². The molecule has 0 radical (unpaired) electrons. The van der Waals surface area contributed by atoms with Crippen LogP contribution in [0.5, 0.6) is 0 Å². The molecule has 0 aromatic carbocycles. The Balaban J connectivity index is 3.35. The van der Waals surface area contributed by atoms with Crippen molar-refractivity contribution in [1.82, 2.24) is 4.98 Å². The number of rotatable bonds is 2. The number of hydrogen-bond acceptors (Lipinski definition) is 2. The van der Waals surface area contributed by atoms with Gasteiger partial charge in [-0.05, 0) is 28.7 Å². The maximum atomic E-state index is 12.2. The first kappa shape index (κ1) is 11.6. The molecule has 0 atom stereocenters. The number of alkyl halides is 2. The fourth-order valence-electron chi connectivity index (χ4n) is 0.792. The summed E-state index contributed by atoms with van der Waals surface area (Å²) < 4.78 is 24.8. The summed E-state index contributed by atoms with van der Waals surface area (Å²) >= 11 is 7.34. The molecule has 0 aliphatic rings. The second kappa shape index (κ2) is 4.35. The summed E-state index contributed by atoms with van der Waals surface area (Å²) in [6.07, 6.45) is -2.78. The van der Waals surface area contributed by atoms with E-state index in [1.54, 1.807) is 22.6 Å². The van der Waals surface area contributed by atoms with Crippen LogP contribution in [0.2, 0.25) is 5.02 Å². The zero-order valence-electron chi connectivity index (χ0n) is 6.60. The number of carbonyl (C=O) groups is 1. The third-order valence-electron chi connectivity index (χ3n) is 1.39. The molecular formula is C7H4ClF2IN2O. The van der Waals surface area contributed by atoms with Gasteiger partial charge in [0.15, 0.2) is 0 Å². The minimum atomic E-state index is -2.78.